The van der Waals surface area contributed by atoms with Gasteiger partial charge in [0.25, 0.3) is 0 Å². The van der Waals surface area contributed by atoms with Crippen molar-refractivity contribution in [2.45, 2.75) is 37.8 Å². The monoisotopic (exact) mass is 299 g/mol. The summed E-state index contributed by atoms with van der Waals surface area (Å²) in [6, 6.07) is -1.30. The summed E-state index contributed by atoms with van der Waals surface area (Å²) in [6.07, 6.45) is 2.58. The molecule has 7 heteroatoms. The first kappa shape index (κ1) is 16.0. The zero-order valence-corrected chi connectivity index (χ0v) is 12.5. The number of aliphatic hydroxyl groups excluding tert-OH is 1. The molecule has 2 aliphatic rings. The van der Waals surface area contributed by atoms with Gasteiger partial charge in [0.1, 0.15) is 6.04 Å². The van der Waals surface area contributed by atoms with E-state index in [1.807, 2.05) is 0 Å². The minimum Gasteiger partial charge on any atom is -0.480 e. The molecule has 0 aliphatic carbocycles. The molecule has 2 atom stereocenters. The van der Waals surface area contributed by atoms with Crippen LogP contribution in [0.15, 0.2) is 0 Å². The van der Waals surface area contributed by atoms with Crippen molar-refractivity contribution in [2.24, 2.45) is 5.92 Å². The van der Waals surface area contributed by atoms with Crippen molar-refractivity contribution in [2.75, 3.05) is 33.2 Å². The summed E-state index contributed by atoms with van der Waals surface area (Å²) in [6.45, 7) is 2.85. The van der Waals surface area contributed by atoms with Gasteiger partial charge in [-0.1, -0.05) is 0 Å². The fourth-order valence-corrected chi connectivity index (χ4v) is 3.11. The van der Waals surface area contributed by atoms with Gasteiger partial charge in [0.05, 0.1) is 6.10 Å². The zero-order chi connectivity index (χ0) is 15.4. The Balaban J connectivity index is 1.73. The first-order valence-corrected chi connectivity index (χ1v) is 7.61. The van der Waals surface area contributed by atoms with Crippen LogP contribution in [0.25, 0.3) is 0 Å². The Morgan fingerprint density at radius 1 is 1.29 bits per heavy atom. The van der Waals surface area contributed by atoms with Crippen LogP contribution in [0.1, 0.15) is 25.7 Å². The molecule has 2 saturated heterocycles. The Bertz CT molecular complexity index is 382. The van der Waals surface area contributed by atoms with Crippen molar-refractivity contribution < 1.29 is 19.8 Å². The van der Waals surface area contributed by atoms with Crippen LogP contribution in [0.4, 0.5) is 4.79 Å². The number of nitrogens with zero attached hydrogens (tertiary/aromatic N) is 2. The minimum atomic E-state index is -1.06. The number of carbonyl (C=O) groups is 2. The summed E-state index contributed by atoms with van der Waals surface area (Å²) in [7, 11) is 2.11. The van der Waals surface area contributed by atoms with Crippen LogP contribution < -0.4 is 5.32 Å². The quantitative estimate of drug-likeness (QED) is 0.677. The van der Waals surface area contributed by atoms with Gasteiger partial charge in [-0.3, -0.25) is 0 Å². The van der Waals surface area contributed by atoms with E-state index in [9.17, 15) is 14.7 Å². The van der Waals surface area contributed by atoms with Gasteiger partial charge in [-0.15, -0.1) is 0 Å². The standard InChI is InChI=1S/C14H25N3O4/c1-16-6-3-10(4-7-16)2-5-15-14(21)17-9-11(18)8-12(17)13(19)20/h10-12,18H,2-9H2,1H3,(H,15,21)(H,19,20)/t11-,12-/m1/s1. The number of carboxylic acid groups (broad SMARTS) is 1. The first-order valence-electron chi connectivity index (χ1n) is 7.61. The Morgan fingerprint density at radius 2 is 1.95 bits per heavy atom. The second-order valence-electron chi connectivity index (χ2n) is 6.16. The third-order valence-electron chi connectivity index (χ3n) is 4.49. The number of carbonyl (C=O) groups excluding carboxylic acids is 1. The van der Waals surface area contributed by atoms with Gasteiger partial charge in [-0.2, -0.15) is 0 Å². The second-order valence-corrected chi connectivity index (χ2v) is 6.16. The van der Waals surface area contributed by atoms with E-state index in [0.717, 1.165) is 32.4 Å². The van der Waals surface area contributed by atoms with Crippen LogP contribution in [0.2, 0.25) is 0 Å². The topological polar surface area (TPSA) is 93.1 Å². The number of aliphatic carboxylic acids is 1. The molecule has 2 rings (SSSR count). The fourth-order valence-electron chi connectivity index (χ4n) is 3.11. The molecule has 0 bridgehead atoms. The molecular formula is C14H25N3O4. The Morgan fingerprint density at radius 3 is 2.57 bits per heavy atom. The van der Waals surface area contributed by atoms with Crippen LogP contribution in [0, 0.1) is 5.92 Å². The lowest BCUT2D eigenvalue weighted by molar-refractivity contribution is -0.141. The second kappa shape index (κ2) is 7.09. The van der Waals surface area contributed by atoms with Crippen molar-refractivity contribution in [3.8, 4) is 0 Å². The van der Waals surface area contributed by atoms with E-state index in [2.05, 4.69) is 17.3 Å². The van der Waals surface area contributed by atoms with Crippen LogP contribution in [-0.4, -0.2) is 77.4 Å². The van der Waals surface area contributed by atoms with Gasteiger partial charge in [0.2, 0.25) is 0 Å². The summed E-state index contributed by atoms with van der Waals surface area (Å²) in [4.78, 5) is 26.6. The summed E-state index contributed by atoms with van der Waals surface area (Å²) in [5.74, 6) is -0.432. The van der Waals surface area contributed by atoms with Gasteiger partial charge in [0.15, 0.2) is 0 Å². The molecule has 0 spiro atoms. The van der Waals surface area contributed by atoms with Crippen molar-refractivity contribution >= 4 is 12.0 Å². The SMILES string of the molecule is CN1CCC(CCNC(=O)N2C[C@H](O)C[C@@H]2C(=O)O)CC1. The molecule has 120 valence electrons. The van der Waals surface area contributed by atoms with E-state index in [0.29, 0.717) is 12.5 Å². The lowest BCUT2D eigenvalue weighted by Crippen LogP contribution is -2.46. The maximum absolute atomic E-state index is 12.0. The average molecular weight is 299 g/mol. The summed E-state index contributed by atoms with van der Waals surface area (Å²) in [5.41, 5.74) is 0. The maximum Gasteiger partial charge on any atom is 0.326 e. The zero-order valence-electron chi connectivity index (χ0n) is 12.5. The number of urea groups is 1. The van der Waals surface area contributed by atoms with E-state index < -0.39 is 18.1 Å². The predicted molar refractivity (Wildman–Crippen MR) is 77.0 cm³/mol. The van der Waals surface area contributed by atoms with Gasteiger partial charge in [-0.05, 0) is 45.3 Å². The lowest BCUT2D eigenvalue weighted by atomic mass is 9.94. The molecule has 0 unspecified atom stereocenters. The van der Waals surface area contributed by atoms with Crippen LogP contribution >= 0.6 is 0 Å². The highest BCUT2D eigenvalue weighted by Crippen LogP contribution is 2.20. The number of hydrogen-bond donors (Lipinski definition) is 3. The molecule has 0 aromatic rings. The number of rotatable bonds is 4. The van der Waals surface area contributed by atoms with Gasteiger partial charge in [0, 0.05) is 19.5 Å². The molecule has 0 aromatic heterocycles. The molecular weight excluding hydrogens is 274 g/mol. The van der Waals surface area contributed by atoms with E-state index in [1.165, 1.54) is 4.90 Å². The van der Waals surface area contributed by atoms with Gasteiger partial charge >= 0.3 is 12.0 Å². The van der Waals surface area contributed by atoms with E-state index >= 15 is 0 Å². The molecule has 2 aliphatic heterocycles. The normalized spacial score (nSPS) is 27.8. The van der Waals surface area contributed by atoms with Gasteiger partial charge < -0.3 is 25.3 Å². The van der Waals surface area contributed by atoms with Crippen LogP contribution in [-0.2, 0) is 4.79 Å². The number of nitrogens with one attached hydrogen (secondary N) is 1. The van der Waals surface area contributed by atoms with E-state index in [1.54, 1.807) is 0 Å². The fraction of sp³-hybridized carbons (Fsp3) is 0.857. The number of carboxylic acids is 1. The Hall–Kier alpha value is -1.34. The third kappa shape index (κ3) is 4.31. The molecule has 3 N–H and O–H groups in total. The number of hydrogen-bond acceptors (Lipinski definition) is 4. The highest BCUT2D eigenvalue weighted by Gasteiger charge is 2.38. The molecule has 0 saturated carbocycles. The summed E-state index contributed by atoms with van der Waals surface area (Å²) >= 11 is 0. The molecule has 2 heterocycles. The van der Waals surface area contributed by atoms with E-state index in [-0.39, 0.29) is 19.0 Å². The maximum atomic E-state index is 12.0. The molecule has 0 radical (unpaired) electrons. The highest BCUT2D eigenvalue weighted by molar-refractivity contribution is 5.83. The minimum absolute atomic E-state index is 0.0943. The third-order valence-corrected chi connectivity index (χ3v) is 4.49. The number of aliphatic hydroxyl groups is 1. The smallest absolute Gasteiger partial charge is 0.326 e. The molecule has 2 fully saturated rings. The predicted octanol–water partition coefficient (Wildman–Crippen LogP) is -0.0523. The number of amides is 2. The number of piperidine rings is 1. The Kier molecular flexibility index (Phi) is 5.41. The largest absolute Gasteiger partial charge is 0.480 e. The molecule has 21 heavy (non-hydrogen) atoms. The first-order chi connectivity index (χ1) is 9.97. The number of likely N-dealkylation sites (tertiary alicyclic amines) is 2. The van der Waals surface area contributed by atoms with Crippen LogP contribution in [0.3, 0.4) is 0 Å². The van der Waals surface area contributed by atoms with E-state index in [4.69, 9.17) is 5.11 Å². The van der Waals surface area contributed by atoms with Crippen molar-refractivity contribution in [1.82, 2.24) is 15.1 Å². The van der Waals surface area contributed by atoms with Crippen LogP contribution in [0.5, 0.6) is 0 Å². The highest BCUT2D eigenvalue weighted by atomic mass is 16.4. The van der Waals surface area contributed by atoms with Crippen molar-refractivity contribution in [3.05, 3.63) is 0 Å². The number of β-amino-alcohol motifs (C(OH)–C–C–N with tert-alkyl or cyclic N) is 1. The average Bonchev–Trinajstić information content (AvgIpc) is 2.83. The van der Waals surface area contributed by atoms with Crippen molar-refractivity contribution in [3.63, 3.8) is 0 Å². The Labute approximate surface area is 124 Å². The lowest BCUT2D eigenvalue weighted by Gasteiger charge is -2.29. The molecule has 7 nitrogen and oxygen atoms in total. The van der Waals surface area contributed by atoms with Crippen molar-refractivity contribution in [1.29, 1.82) is 0 Å². The van der Waals surface area contributed by atoms with Gasteiger partial charge in [-0.25, -0.2) is 9.59 Å². The summed E-state index contributed by atoms with van der Waals surface area (Å²) < 4.78 is 0. The molecule has 2 amide bonds. The summed E-state index contributed by atoms with van der Waals surface area (Å²) in [5, 5.41) is 21.4. The molecule has 0 aromatic carbocycles.